The molecular formula is C34H40N4O3. The lowest BCUT2D eigenvalue weighted by atomic mass is 9.95. The van der Waals surface area contributed by atoms with E-state index in [2.05, 4.69) is 77.6 Å². The highest BCUT2D eigenvalue weighted by atomic mass is 16.5. The average molecular weight is 553 g/mol. The number of carbonyl (C=O) groups excluding carboxylic acids is 1. The van der Waals surface area contributed by atoms with Gasteiger partial charge >= 0.3 is 0 Å². The molecule has 0 radical (unpaired) electrons. The summed E-state index contributed by atoms with van der Waals surface area (Å²) in [7, 11) is 1.68. The molecule has 1 amide bonds. The minimum absolute atomic E-state index is 0.103. The topological polar surface area (TPSA) is 59.8 Å². The maximum absolute atomic E-state index is 14.2. The van der Waals surface area contributed by atoms with Crippen molar-refractivity contribution < 1.29 is 14.3 Å². The summed E-state index contributed by atoms with van der Waals surface area (Å²) in [6.45, 7) is 11.2. The zero-order valence-corrected chi connectivity index (χ0v) is 24.7. The second-order valence-electron chi connectivity index (χ2n) is 11.5. The van der Waals surface area contributed by atoms with Crippen LogP contribution in [0.4, 0.5) is 0 Å². The van der Waals surface area contributed by atoms with Crippen molar-refractivity contribution in [3.05, 3.63) is 88.2 Å². The SMILES string of the molecule is COc1ccc(-n2c(C3CCCCN3C(=O)c3c(C)cc(C)cc3C)nc3cc(CN4CCOCC4)ccc32)cc1. The van der Waals surface area contributed by atoms with Gasteiger partial charge in [-0.25, -0.2) is 4.98 Å². The lowest BCUT2D eigenvalue weighted by Gasteiger charge is -2.36. The molecule has 41 heavy (non-hydrogen) atoms. The third kappa shape index (κ3) is 5.48. The number of morpholine rings is 1. The van der Waals surface area contributed by atoms with Gasteiger partial charge in [-0.3, -0.25) is 14.3 Å². The Hall–Kier alpha value is -3.68. The van der Waals surface area contributed by atoms with Crippen LogP contribution in [0.1, 0.15) is 63.7 Å². The van der Waals surface area contributed by atoms with Crippen molar-refractivity contribution in [2.45, 2.75) is 52.6 Å². The molecule has 2 aliphatic heterocycles. The van der Waals surface area contributed by atoms with E-state index in [1.54, 1.807) is 7.11 Å². The summed E-state index contributed by atoms with van der Waals surface area (Å²) < 4.78 is 13.2. The summed E-state index contributed by atoms with van der Waals surface area (Å²) in [6, 6.07) is 18.9. The molecule has 3 heterocycles. The number of aromatic nitrogens is 2. The highest BCUT2D eigenvalue weighted by Gasteiger charge is 2.34. The number of amides is 1. The van der Waals surface area contributed by atoms with Crippen molar-refractivity contribution in [3.63, 3.8) is 0 Å². The molecule has 0 bridgehead atoms. The van der Waals surface area contributed by atoms with Crippen LogP contribution in [0, 0.1) is 20.8 Å². The normalized spacial score (nSPS) is 18.1. The highest BCUT2D eigenvalue weighted by molar-refractivity contribution is 5.97. The maximum atomic E-state index is 14.2. The Bertz CT molecular complexity index is 1530. The van der Waals surface area contributed by atoms with Crippen LogP contribution in [0.25, 0.3) is 16.7 Å². The number of carbonyl (C=O) groups is 1. The number of hydrogen-bond donors (Lipinski definition) is 0. The monoisotopic (exact) mass is 552 g/mol. The van der Waals surface area contributed by atoms with E-state index in [4.69, 9.17) is 14.5 Å². The predicted molar refractivity (Wildman–Crippen MR) is 162 cm³/mol. The lowest BCUT2D eigenvalue weighted by molar-refractivity contribution is 0.0342. The number of imidazole rings is 1. The van der Waals surface area contributed by atoms with Gasteiger partial charge in [0.25, 0.3) is 5.91 Å². The van der Waals surface area contributed by atoms with Crippen LogP contribution in [-0.4, -0.2) is 65.2 Å². The predicted octanol–water partition coefficient (Wildman–Crippen LogP) is 6.16. The summed E-state index contributed by atoms with van der Waals surface area (Å²) in [4.78, 5) is 24.0. The first-order valence-electron chi connectivity index (χ1n) is 14.8. The number of piperidine rings is 1. The number of ether oxygens (including phenoxy) is 2. The Kier molecular flexibility index (Phi) is 7.82. The zero-order chi connectivity index (χ0) is 28.5. The molecule has 2 saturated heterocycles. The van der Waals surface area contributed by atoms with Crippen LogP contribution in [0.15, 0.2) is 54.6 Å². The second-order valence-corrected chi connectivity index (χ2v) is 11.5. The number of fused-ring (bicyclic) bond motifs is 1. The first-order valence-corrected chi connectivity index (χ1v) is 14.8. The number of nitrogens with zero attached hydrogens (tertiary/aromatic N) is 4. The fraction of sp³-hybridized carbons (Fsp3) is 0.412. The van der Waals surface area contributed by atoms with Crippen molar-refractivity contribution in [1.82, 2.24) is 19.4 Å². The van der Waals surface area contributed by atoms with Gasteiger partial charge in [0.1, 0.15) is 11.6 Å². The Morgan fingerprint density at radius 2 is 1.68 bits per heavy atom. The molecule has 0 spiro atoms. The Morgan fingerprint density at radius 1 is 0.951 bits per heavy atom. The molecule has 1 aromatic heterocycles. The summed E-state index contributed by atoms with van der Waals surface area (Å²) in [5.41, 5.74) is 8.35. The average Bonchev–Trinajstić information content (AvgIpc) is 3.36. The minimum atomic E-state index is -0.117. The van der Waals surface area contributed by atoms with Crippen molar-refractivity contribution in [3.8, 4) is 11.4 Å². The third-order valence-corrected chi connectivity index (χ3v) is 8.54. The van der Waals surface area contributed by atoms with Gasteiger partial charge in [-0.1, -0.05) is 23.8 Å². The standard InChI is InChI=1S/C34H40N4O3/c1-23-19-24(2)32(25(3)20-23)34(39)37-14-6-5-7-31(37)33-35-29-21-26(22-36-15-17-41-18-16-36)8-13-30(29)38(33)27-9-11-28(40-4)12-10-27/h8-13,19-21,31H,5-7,14-18,22H2,1-4H3. The van der Waals surface area contributed by atoms with Gasteiger partial charge in [-0.05, 0) is 93.1 Å². The van der Waals surface area contributed by atoms with Crippen LogP contribution >= 0.6 is 0 Å². The molecule has 4 aromatic rings. The van der Waals surface area contributed by atoms with Gasteiger partial charge in [0, 0.05) is 37.4 Å². The van der Waals surface area contributed by atoms with Crippen LogP contribution < -0.4 is 4.74 Å². The largest absolute Gasteiger partial charge is 0.497 e. The number of hydrogen-bond acceptors (Lipinski definition) is 5. The summed E-state index contributed by atoms with van der Waals surface area (Å²) in [6.07, 6.45) is 2.95. The number of aryl methyl sites for hydroxylation is 3. The molecule has 6 rings (SSSR count). The van der Waals surface area contributed by atoms with E-state index in [1.807, 2.05) is 12.1 Å². The molecule has 1 atom stereocenters. The van der Waals surface area contributed by atoms with Gasteiger partial charge in [0.2, 0.25) is 0 Å². The molecule has 0 N–H and O–H groups in total. The number of methoxy groups -OCH3 is 1. The van der Waals surface area contributed by atoms with Crippen molar-refractivity contribution in [2.24, 2.45) is 0 Å². The first kappa shape index (κ1) is 27.5. The Labute approximate surface area is 242 Å². The molecule has 2 aliphatic rings. The van der Waals surface area contributed by atoms with Crippen LogP contribution in [0.5, 0.6) is 5.75 Å². The third-order valence-electron chi connectivity index (χ3n) is 8.54. The van der Waals surface area contributed by atoms with Gasteiger partial charge < -0.3 is 14.4 Å². The summed E-state index contributed by atoms with van der Waals surface area (Å²) >= 11 is 0. The molecule has 2 fully saturated rings. The van der Waals surface area contributed by atoms with Crippen LogP contribution in [0.3, 0.4) is 0 Å². The molecule has 214 valence electrons. The fourth-order valence-electron chi connectivity index (χ4n) is 6.59. The molecule has 0 aliphatic carbocycles. The summed E-state index contributed by atoms with van der Waals surface area (Å²) in [5, 5.41) is 0. The van der Waals surface area contributed by atoms with E-state index in [0.717, 1.165) is 104 Å². The quantitative estimate of drug-likeness (QED) is 0.287. The van der Waals surface area contributed by atoms with E-state index in [0.29, 0.717) is 0 Å². The van der Waals surface area contributed by atoms with Crippen molar-refractivity contribution >= 4 is 16.9 Å². The maximum Gasteiger partial charge on any atom is 0.255 e. The van der Waals surface area contributed by atoms with Gasteiger partial charge in [-0.15, -0.1) is 0 Å². The van der Waals surface area contributed by atoms with Gasteiger partial charge in [0.05, 0.1) is 37.4 Å². The number of rotatable bonds is 6. The van der Waals surface area contributed by atoms with E-state index < -0.39 is 0 Å². The van der Waals surface area contributed by atoms with E-state index in [1.165, 1.54) is 11.1 Å². The number of benzene rings is 3. The van der Waals surface area contributed by atoms with Crippen molar-refractivity contribution in [2.75, 3.05) is 40.0 Å². The minimum Gasteiger partial charge on any atom is -0.497 e. The van der Waals surface area contributed by atoms with E-state index >= 15 is 0 Å². The fourth-order valence-corrected chi connectivity index (χ4v) is 6.59. The van der Waals surface area contributed by atoms with E-state index in [-0.39, 0.29) is 11.9 Å². The molecular weight excluding hydrogens is 512 g/mol. The molecule has 3 aromatic carbocycles. The van der Waals surface area contributed by atoms with Crippen molar-refractivity contribution in [1.29, 1.82) is 0 Å². The van der Waals surface area contributed by atoms with Gasteiger partial charge in [-0.2, -0.15) is 0 Å². The van der Waals surface area contributed by atoms with Gasteiger partial charge in [0.15, 0.2) is 0 Å². The van der Waals surface area contributed by atoms with E-state index in [9.17, 15) is 4.79 Å². The summed E-state index contributed by atoms with van der Waals surface area (Å²) in [5.74, 6) is 1.84. The Morgan fingerprint density at radius 3 is 2.39 bits per heavy atom. The lowest BCUT2D eigenvalue weighted by Crippen LogP contribution is -2.40. The number of likely N-dealkylation sites (tertiary alicyclic amines) is 1. The second kappa shape index (κ2) is 11.7. The zero-order valence-electron chi connectivity index (χ0n) is 24.7. The molecule has 1 unspecified atom stereocenters. The molecule has 0 saturated carbocycles. The Balaban J connectivity index is 1.44. The highest BCUT2D eigenvalue weighted by Crippen LogP contribution is 2.36. The smallest absolute Gasteiger partial charge is 0.255 e. The van der Waals surface area contributed by atoms with Crippen LogP contribution in [0.2, 0.25) is 0 Å². The molecule has 7 heteroatoms. The molecule has 7 nitrogen and oxygen atoms in total. The van der Waals surface area contributed by atoms with Crippen LogP contribution in [-0.2, 0) is 11.3 Å². The first-order chi connectivity index (χ1) is 19.9.